The first kappa shape index (κ1) is 17.2. The molecule has 0 spiro atoms. The molecule has 1 saturated carbocycles. The molecule has 1 saturated heterocycles. The van der Waals surface area contributed by atoms with Crippen LogP contribution in [-0.2, 0) is 19.6 Å². The van der Waals surface area contributed by atoms with Crippen molar-refractivity contribution in [3.8, 4) is 0 Å². The smallest absolute Gasteiger partial charge is 0.245 e. The number of amides is 2. The normalized spacial score (nSPS) is 22.5. The average molecular weight is 331 g/mol. The fourth-order valence-corrected chi connectivity index (χ4v) is 4.15. The zero-order valence-electron chi connectivity index (χ0n) is 13.2. The average Bonchev–Trinajstić information content (AvgIpc) is 2.97. The summed E-state index contributed by atoms with van der Waals surface area (Å²) >= 11 is 0. The number of sulfonamides is 1. The Morgan fingerprint density at radius 1 is 1.09 bits per heavy atom. The predicted molar refractivity (Wildman–Crippen MR) is 82.6 cm³/mol. The van der Waals surface area contributed by atoms with E-state index in [9.17, 15) is 18.0 Å². The Balaban J connectivity index is 2.00. The van der Waals surface area contributed by atoms with E-state index >= 15 is 0 Å². The van der Waals surface area contributed by atoms with Crippen molar-refractivity contribution in [3.63, 3.8) is 0 Å². The molecule has 8 heteroatoms. The van der Waals surface area contributed by atoms with Crippen LogP contribution in [0.1, 0.15) is 32.6 Å². The largest absolute Gasteiger partial charge is 0.344 e. The maximum Gasteiger partial charge on any atom is 0.245 e. The molecule has 2 amide bonds. The van der Waals surface area contributed by atoms with E-state index in [0.717, 1.165) is 25.7 Å². The van der Waals surface area contributed by atoms with Crippen molar-refractivity contribution in [2.75, 3.05) is 32.4 Å². The van der Waals surface area contributed by atoms with Crippen LogP contribution in [0, 0.1) is 5.92 Å². The molecule has 2 rings (SSSR count). The third-order valence-corrected chi connectivity index (χ3v) is 5.82. The standard InChI is InChI=1S/C14H25N3O4S/c1-11(18)15-13(12-5-3-4-6-12)14(19)16-7-9-17(10-8-16)22(2,20)21/h12-13H,3-10H2,1-2H3,(H,15,18)/t13-/m0/s1. The summed E-state index contributed by atoms with van der Waals surface area (Å²) in [5, 5.41) is 2.80. The second-order valence-corrected chi connectivity index (χ2v) is 8.19. The van der Waals surface area contributed by atoms with Crippen LogP contribution in [0.2, 0.25) is 0 Å². The van der Waals surface area contributed by atoms with Crippen LogP contribution in [0.4, 0.5) is 0 Å². The highest BCUT2D eigenvalue weighted by molar-refractivity contribution is 7.88. The summed E-state index contributed by atoms with van der Waals surface area (Å²) in [6.07, 6.45) is 5.29. The molecule has 0 aromatic heterocycles. The van der Waals surface area contributed by atoms with Crippen LogP contribution >= 0.6 is 0 Å². The maximum atomic E-state index is 12.7. The molecule has 0 aromatic carbocycles. The highest BCUT2D eigenvalue weighted by Gasteiger charge is 2.36. The molecule has 0 unspecified atom stereocenters. The molecule has 0 radical (unpaired) electrons. The van der Waals surface area contributed by atoms with Gasteiger partial charge in [-0.25, -0.2) is 8.42 Å². The van der Waals surface area contributed by atoms with Crippen LogP contribution < -0.4 is 5.32 Å². The first-order chi connectivity index (χ1) is 10.3. The third kappa shape index (κ3) is 4.19. The highest BCUT2D eigenvalue weighted by Crippen LogP contribution is 2.29. The quantitative estimate of drug-likeness (QED) is 0.772. The van der Waals surface area contributed by atoms with Crippen molar-refractivity contribution >= 4 is 21.8 Å². The highest BCUT2D eigenvalue weighted by atomic mass is 32.2. The van der Waals surface area contributed by atoms with E-state index < -0.39 is 16.1 Å². The number of piperazine rings is 1. The topological polar surface area (TPSA) is 86.8 Å². The van der Waals surface area contributed by atoms with Gasteiger partial charge in [0, 0.05) is 33.1 Å². The molecule has 22 heavy (non-hydrogen) atoms. The van der Waals surface area contributed by atoms with Crippen LogP contribution in [0.15, 0.2) is 0 Å². The van der Waals surface area contributed by atoms with Crippen molar-refractivity contribution in [2.24, 2.45) is 5.92 Å². The van der Waals surface area contributed by atoms with E-state index in [2.05, 4.69) is 5.32 Å². The number of hydrogen-bond donors (Lipinski definition) is 1. The molecule has 1 aliphatic carbocycles. The molecule has 2 aliphatic rings. The SMILES string of the molecule is CC(=O)N[C@H](C(=O)N1CCN(S(C)(=O)=O)CC1)C1CCCC1. The van der Waals surface area contributed by atoms with E-state index in [1.54, 1.807) is 4.90 Å². The second kappa shape index (κ2) is 6.95. The first-order valence-corrected chi connectivity index (χ1v) is 9.65. The molecule has 7 nitrogen and oxygen atoms in total. The number of nitrogens with zero attached hydrogens (tertiary/aromatic N) is 2. The lowest BCUT2D eigenvalue weighted by Crippen LogP contribution is -2.57. The van der Waals surface area contributed by atoms with Gasteiger partial charge in [-0.3, -0.25) is 9.59 Å². The van der Waals surface area contributed by atoms with E-state index in [4.69, 9.17) is 0 Å². The number of hydrogen-bond acceptors (Lipinski definition) is 4. The van der Waals surface area contributed by atoms with Crippen molar-refractivity contribution < 1.29 is 18.0 Å². The molecular formula is C14H25N3O4S. The third-order valence-electron chi connectivity index (χ3n) is 4.52. The van der Waals surface area contributed by atoms with Crippen molar-refractivity contribution in [2.45, 2.75) is 38.6 Å². The Bertz CT molecular complexity index is 520. The van der Waals surface area contributed by atoms with Gasteiger partial charge < -0.3 is 10.2 Å². The minimum atomic E-state index is -3.20. The van der Waals surface area contributed by atoms with Crippen LogP contribution in [0.3, 0.4) is 0 Å². The summed E-state index contributed by atoms with van der Waals surface area (Å²) in [5.74, 6) is -0.0698. The summed E-state index contributed by atoms with van der Waals surface area (Å²) < 4.78 is 24.4. The van der Waals surface area contributed by atoms with Gasteiger partial charge in [-0.15, -0.1) is 0 Å². The zero-order valence-corrected chi connectivity index (χ0v) is 14.1. The lowest BCUT2D eigenvalue weighted by Gasteiger charge is -2.36. The van der Waals surface area contributed by atoms with Crippen molar-refractivity contribution in [3.05, 3.63) is 0 Å². The summed E-state index contributed by atoms with van der Waals surface area (Å²) in [6.45, 7) is 2.84. The van der Waals surface area contributed by atoms with Gasteiger partial charge in [-0.2, -0.15) is 4.31 Å². The van der Waals surface area contributed by atoms with Gasteiger partial charge in [0.05, 0.1) is 6.26 Å². The molecule has 2 fully saturated rings. The summed E-state index contributed by atoms with van der Waals surface area (Å²) in [4.78, 5) is 25.8. The first-order valence-electron chi connectivity index (χ1n) is 7.80. The van der Waals surface area contributed by atoms with E-state index in [0.29, 0.717) is 26.2 Å². The molecule has 1 N–H and O–H groups in total. The Morgan fingerprint density at radius 3 is 2.09 bits per heavy atom. The number of nitrogens with one attached hydrogen (secondary N) is 1. The van der Waals surface area contributed by atoms with Crippen LogP contribution in [0.5, 0.6) is 0 Å². The molecule has 0 aromatic rings. The Morgan fingerprint density at radius 2 is 1.64 bits per heavy atom. The monoisotopic (exact) mass is 331 g/mol. The van der Waals surface area contributed by atoms with Crippen molar-refractivity contribution in [1.82, 2.24) is 14.5 Å². The maximum absolute atomic E-state index is 12.7. The minimum Gasteiger partial charge on any atom is -0.344 e. The zero-order chi connectivity index (χ0) is 16.3. The van der Waals surface area contributed by atoms with Gasteiger partial charge in [0.2, 0.25) is 21.8 Å². The lowest BCUT2D eigenvalue weighted by atomic mass is 9.96. The fourth-order valence-electron chi connectivity index (χ4n) is 3.33. The van der Waals surface area contributed by atoms with Crippen LogP contribution in [-0.4, -0.2) is 67.9 Å². The van der Waals surface area contributed by atoms with E-state index in [-0.39, 0.29) is 17.7 Å². The van der Waals surface area contributed by atoms with Gasteiger partial charge in [-0.1, -0.05) is 12.8 Å². The molecule has 126 valence electrons. The molecular weight excluding hydrogens is 306 g/mol. The van der Waals surface area contributed by atoms with E-state index in [1.165, 1.54) is 17.5 Å². The van der Waals surface area contributed by atoms with Crippen LogP contribution in [0.25, 0.3) is 0 Å². The van der Waals surface area contributed by atoms with Crippen molar-refractivity contribution in [1.29, 1.82) is 0 Å². The number of rotatable bonds is 4. The Kier molecular flexibility index (Phi) is 5.44. The molecule has 0 bridgehead atoms. The molecule has 1 aliphatic heterocycles. The Hall–Kier alpha value is -1.15. The fraction of sp³-hybridized carbons (Fsp3) is 0.857. The summed E-state index contributed by atoms with van der Waals surface area (Å²) in [6, 6.07) is -0.468. The van der Waals surface area contributed by atoms with Gasteiger partial charge >= 0.3 is 0 Å². The van der Waals surface area contributed by atoms with Gasteiger partial charge in [0.15, 0.2) is 0 Å². The molecule has 1 heterocycles. The van der Waals surface area contributed by atoms with Gasteiger partial charge in [0.25, 0.3) is 0 Å². The lowest BCUT2D eigenvalue weighted by molar-refractivity contribution is -0.138. The summed E-state index contributed by atoms with van der Waals surface area (Å²) in [5.41, 5.74) is 0. The van der Waals surface area contributed by atoms with Gasteiger partial charge in [0.1, 0.15) is 6.04 Å². The number of carbonyl (C=O) groups is 2. The Labute approximate surface area is 132 Å². The second-order valence-electron chi connectivity index (χ2n) is 6.21. The predicted octanol–water partition coefficient (Wildman–Crippen LogP) is -0.215. The van der Waals surface area contributed by atoms with E-state index in [1.807, 2.05) is 0 Å². The summed E-state index contributed by atoms with van der Waals surface area (Å²) in [7, 11) is -3.20. The van der Waals surface area contributed by atoms with Gasteiger partial charge in [-0.05, 0) is 18.8 Å². The molecule has 1 atom stereocenters. The number of carbonyl (C=O) groups excluding carboxylic acids is 2. The minimum absolute atomic E-state index is 0.0738.